The molecule has 2 aliphatic rings. The van der Waals surface area contributed by atoms with Gasteiger partial charge in [0.15, 0.2) is 11.5 Å². The van der Waals surface area contributed by atoms with Crippen LogP contribution in [-0.4, -0.2) is 53.6 Å². The Morgan fingerprint density at radius 1 is 1.11 bits per heavy atom. The van der Waals surface area contributed by atoms with Gasteiger partial charge in [-0.1, -0.05) is 15.9 Å². The second-order valence-electron chi connectivity index (χ2n) is 4.92. The number of halogens is 1. The second-order valence-corrected chi connectivity index (χ2v) is 5.77. The third kappa shape index (κ3) is 2.72. The monoisotopic (exact) mass is 329 g/mol. The molecule has 1 aromatic carbocycles. The van der Waals surface area contributed by atoms with Crippen LogP contribution in [0.4, 0.5) is 0 Å². The van der Waals surface area contributed by atoms with Gasteiger partial charge in [0.1, 0.15) is 13.2 Å². The maximum absolute atomic E-state index is 9.56. The molecule has 0 unspecified atom stereocenters. The molecule has 1 saturated heterocycles. The van der Waals surface area contributed by atoms with Crippen LogP contribution in [0.3, 0.4) is 0 Å². The van der Waals surface area contributed by atoms with E-state index in [4.69, 9.17) is 9.47 Å². The van der Waals surface area contributed by atoms with Crippen LogP contribution in [0.15, 0.2) is 16.6 Å². The number of fused-ring (bicyclic) bond motifs is 1. The van der Waals surface area contributed by atoms with Crippen LogP contribution in [0.5, 0.6) is 11.5 Å². The van der Waals surface area contributed by atoms with E-state index in [1.54, 1.807) is 0 Å². The molecule has 2 heterocycles. The lowest BCUT2D eigenvalue weighted by Gasteiger charge is -2.21. The van der Waals surface area contributed by atoms with Gasteiger partial charge in [0.05, 0.1) is 12.2 Å². The zero-order chi connectivity index (χ0) is 13.4. The van der Waals surface area contributed by atoms with Crippen molar-refractivity contribution < 1.29 is 19.7 Å². The van der Waals surface area contributed by atoms with Gasteiger partial charge in [-0.25, -0.2) is 0 Å². The molecule has 5 nitrogen and oxygen atoms in total. The summed E-state index contributed by atoms with van der Waals surface area (Å²) >= 11 is 3.53. The van der Waals surface area contributed by atoms with Crippen LogP contribution in [-0.2, 0) is 6.54 Å². The van der Waals surface area contributed by atoms with Crippen molar-refractivity contribution in [2.24, 2.45) is 0 Å². The van der Waals surface area contributed by atoms with Gasteiger partial charge in [0, 0.05) is 24.1 Å². The Labute approximate surface area is 119 Å². The van der Waals surface area contributed by atoms with Gasteiger partial charge in [-0.05, 0) is 17.7 Å². The smallest absolute Gasteiger partial charge is 0.162 e. The molecule has 104 valence electrons. The molecule has 0 saturated carbocycles. The molecule has 2 N–H and O–H groups in total. The quantitative estimate of drug-likeness (QED) is 0.838. The minimum atomic E-state index is -0.656. The number of aliphatic hydroxyl groups excluding tert-OH is 2. The maximum atomic E-state index is 9.56. The molecular weight excluding hydrogens is 314 g/mol. The van der Waals surface area contributed by atoms with Gasteiger partial charge in [-0.2, -0.15) is 0 Å². The summed E-state index contributed by atoms with van der Waals surface area (Å²) in [7, 11) is 0. The molecule has 2 atom stereocenters. The van der Waals surface area contributed by atoms with Crippen LogP contribution in [0.2, 0.25) is 0 Å². The molecular formula is C13H16BrNO4. The third-order valence-corrected chi connectivity index (χ3v) is 4.18. The number of nitrogens with zero attached hydrogens (tertiary/aromatic N) is 1. The van der Waals surface area contributed by atoms with E-state index in [9.17, 15) is 10.2 Å². The Balaban J connectivity index is 1.77. The van der Waals surface area contributed by atoms with E-state index >= 15 is 0 Å². The SMILES string of the molecule is O[C@@H]1CN(Cc2cc3c(cc2Br)OCCO3)C[C@@H]1O. The van der Waals surface area contributed by atoms with Crippen molar-refractivity contribution in [2.75, 3.05) is 26.3 Å². The molecule has 6 heteroatoms. The summed E-state index contributed by atoms with van der Waals surface area (Å²) in [6, 6.07) is 3.86. The molecule has 0 aliphatic carbocycles. The largest absolute Gasteiger partial charge is 0.486 e. The first-order valence-electron chi connectivity index (χ1n) is 6.30. The fourth-order valence-electron chi connectivity index (χ4n) is 2.44. The Kier molecular flexibility index (Phi) is 3.66. The molecule has 1 fully saturated rings. The highest BCUT2D eigenvalue weighted by atomic mass is 79.9. The van der Waals surface area contributed by atoms with E-state index in [0.717, 1.165) is 21.5 Å². The van der Waals surface area contributed by atoms with E-state index in [1.165, 1.54) is 0 Å². The Morgan fingerprint density at radius 3 is 2.32 bits per heavy atom. The first-order valence-corrected chi connectivity index (χ1v) is 7.09. The normalized spacial score (nSPS) is 26.7. The summed E-state index contributed by atoms with van der Waals surface area (Å²) in [4.78, 5) is 2.02. The van der Waals surface area contributed by atoms with Crippen molar-refractivity contribution in [1.82, 2.24) is 4.90 Å². The number of likely N-dealkylation sites (tertiary alicyclic amines) is 1. The van der Waals surface area contributed by atoms with Gasteiger partial charge in [-0.15, -0.1) is 0 Å². The average molecular weight is 330 g/mol. The van der Waals surface area contributed by atoms with Crippen LogP contribution in [0.1, 0.15) is 5.56 Å². The zero-order valence-corrected chi connectivity index (χ0v) is 12.0. The Hall–Kier alpha value is -0.820. The Morgan fingerprint density at radius 2 is 1.68 bits per heavy atom. The number of hydrogen-bond donors (Lipinski definition) is 2. The molecule has 3 rings (SSSR count). The minimum Gasteiger partial charge on any atom is -0.486 e. The summed E-state index contributed by atoms with van der Waals surface area (Å²) in [5.41, 5.74) is 1.06. The van der Waals surface area contributed by atoms with Crippen LogP contribution in [0.25, 0.3) is 0 Å². The van der Waals surface area contributed by atoms with Crippen molar-refractivity contribution in [3.8, 4) is 11.5 Å². The number of β-amino-alcohol motifs (C(OH)–C–C–N with tert-alkyl or cyclic N) is 2. The van der Waals surface area contributed by atoms with E-state index in [2.05, 4.69) is 15.9 Å². The fraction of sp³-hybridized carbons (Fsp3) is 0.538. The summed E-state index contributed by atoms with van der Waals surface area (Å²) in [5.74, 6) is 1.51. The lowest BCUT2D eigenvalue weighted by molar-refractivity contribution is 0.0572. The minimum absolute atomic E-state index is 0.488. The highest BCUT2D eigenvalue weighted by Gasteiger charge is 2.30. The lowest BCUT2D eigenvalue weighted by Crippen LogP contribution is -2.22. The summed E-state index contributed by atoms with van der Waals surface area (Å²) < 4.78 is 12.0. The lowest BCUT2D eigenvalue weighted by atomic mass is 10.2. The number of rotatable bonds is 2. The second kappa shape index (κ2) is 5.28. The van der Waals surface area contributed by atoms with Crippen molar-refractivity contribution in [2.45, 2.75) is 18.8 Å². The van der Waals surface area contributed by atoms with Crippen molar-refractivity contribution in [3.05, 3.63) is 22.2 Å². The summed E-state index contributed by atoms with van der Waals surface area (Å²) in [6.45, 7) is 2.77. The van der Waals surface area contributed by atoms with Gasteiger partial charge in [0.25, 0.3) is 0 Å². The van der Waals surface area contributed by atoms with E-state index in [0.29, 0.717) is 32.8 Å². The van der Waals surface area contributed by atoms with Gasteiger partial charge in [0.2, 0.25) is 0 Å². The fourth-order valence-corrected chi connectivity index (χ4v) is 2.89. The molecule has 0 aromatic heterocycles. The molecule has 2 aliphatic heterocycles. The van der Waals surface area contributed by atoms with Crippen LogP contribution < -0.4 is 9.47 Å². The zero-order valence-electron chi connectivity index (χ0n) is 10.4. The first-order chi connectivity index (χ1) is 9.13. The number of hydrogen-bond acceptors (Lipinski definition) is 5. The summed E-state index contributed by atoms with van der Waals surface area (Å²) in [6.07, 6.45) is -1.31. The van der Waals surface area contributed by atoms with Crippen molar-refractivity contribution in [1.29, 1.82) is 0 Å². The van der Waals surface area contributed by atoms with E-state index in [1.807, 2.05) is 17.0 Å². The van der Waals surface area contributed by atoms with Gasteiger partial charge < -0.3 is 19.7 Å². The molecule has 0 spiro atoms. The number of ether oxygens (including phenoxy) is 2. The molecule has 19 heavy (non-hydrogen) atoms. The van der Waals surface area contributed by atoms with Crippen molar-refractivity contribution in [3.63, 3.8) is 0 Å². The van der Waals surface area contributed by atoms with Crippen LogP contribution in [0, 0.1) is 0 Å². The molecule has 0 bridgehead atoms. The third-order valence-electron chi connectivity index (χ3n) is 3.44. The van der Waals surface area contributed by atoms with Gasteiger partial charge >= 0.3 is 0 Å². The predicted octanol–water partition coefficient (Wildman–Crippen LogP) is 0.758. The highest BCUT2D eigenvalue weighted by molar-refractivity contribution is 9.10. The number of benzene rings is 1. The van der Waals surface area contributed by atoms with E-state index < -0.39 is 12.2 Å². The first kappa shape index (κ1) is 13.2. The molecule has 1 aromatic rings. The summed E-state index contributed by atoms with van der Waals surface area (Å²) in [5, 5.41) is 19.1. The Bertz CT molecular complexity index is 472. The molecule has 0 amide bonds. The maximum Gasteiger partial charge on any atom is 0.162 e. The number of aliphatic hydroxyl groups is 2. The highest BCUT2D eigenvalue weighted by Crippen LogP contribution is 2.36. The standard InChI is InChI=1S/C13H16BrNO4/c14-9-4-13-12(18-1-2-19-13)3-8(9)5-15-6-10(16)11(17)7-15/h3-4,10-11,16-17H,1-2,5-7H2/t10-,11+. The van der Waals surface area contributed by atoms with Gasteiger partial charge in [-0.3, -0.25) is 4.90 Å². The topological polar surface area (TPSA) is 62.2 Å². The van der Waals surface area contributed by atoms with Crippen LogP contribution >= 0.6 is 15.9 Å². The van der Waals surface area contributed by atoms with E-state index in [-0.39, 0.29) is 0 Å². The van der Waals surface area contributed by atoms with Crippen molar-refractivity contribution >= 4 is 15.9 Å². The average Bonchev–Trinajstić information content (AvgIpc) is 2.69. The predicted molar refractivity (Wildman–Crippen MR) is 72.4 cm³/mol. The molecule has 0 radical (unpaired) electrons.